The van der Waals surface area contributed by atoms with E-state index in [0.29, 0.717) is 25.3 Å². The zero-order chi connectivity index (χ0) is 24.5. The highest BCUT2D eigenvalue weighted by atomic mass is 16.3. The van der Waals surface area contributed by atoms with E-state index >= 15 is 0 Å². The average Bonchev–Trinajstić information content (AvgIpc) is 3.68. The van der Waals surface area contributed by atoms with Crippen LogP contribution in [0, 0.1) is 11.8 Å². The van der Waals surface area contributed by atoms with E-state index in [9.17, 15) is 14.7 Å². The summed E-state index contributed by atoms with van der Waals surface area (Å²) >= 11 is 0. The van der Waals surface area contributed by atoms with Crippen LogP contribution in [0.25, 0.3) is 0 Å². The second-order valence-electron chi connectivity index (χ2n) is 9.95. The molecule has 188 valence electrons. The van der Waals surface area contributed by atoms with Gasteiger partial charge in [0.15, 0.2) is 0 Å². The number of hydrogen-bond acceptors (Lipinski definition) is 4. The molecule has 0 saturated heterocycles. The summed E-state index contributed by atoms with van der Waals surface area (Å²) in [5, 5.41) is 13.8. The van der Waals surface area contributed by atoms with E-state index in [2.05, 4.69) is 26.1 Å². The SMILES string of the molecule is CCCCC1=N[C@@H](NC(=O)[C@H](CC2CC2)[C@@H](O)CCCC)C(=O)N(CCCC)c2ccccc21. The van der Waals surface area contributed by atoms with E-state index in [1.165, 1.54) is 0 Å². The molecule has 0 unspecified atom stereocenters. The van der Waals surface area contributed by atoms with E-state index in [1.807, 2.05) is 24.3 Å². The van der Waals surface area contributed by atoms with E-state index in [1.54, 1.807) is 4.90 Å². The number of unbranched alkanes of at least 4 members (excludes halogenated alkanes) is 3. The fourth-order valence-corrected chi connectivity index (χ4v) is 4.69. The van der Waals surface area contributed by atoms with Crippen molar-refractivity contribution in [3.05, 3.63) is 29.8 Å². The lowest BCUT2D eigenvalue weighted by molar-refractivity contribution is -0.133. The molecule has 1 fully saturated rings. The van der Waals surface area contributed by atoms with E-state index in [4.69, 9.17) is 4.99 Å². The number of fused-ring (bicyclic) bond motifs is 1. The maximum absolute atomic E-state index is 13.7. The molecule has 1 aliphatic carbocycles. The van der Waals surface area contributed by atoms with Crippen LogP contribution in [0.3, 0.4) is 0 Å². The second kappa shape index (κ2) is 13.0. The van der Waals surface area contributed by atoms with Crippen molar-refractivity contribution >= 4 is 23.2 Å². The summed E-state index contributed by atoms with van der Waals surface area (Å²) in [6.45, 7) is 6.93. The van der Waals surface area contributed by atoms with Gasteiger partial charge < -0.3 is 15.3 Å². The molecule has 1 aromatic rings. The van der Waals surface area contributed by atoms with Crippen molar-refractivity contribution in [3.63, 3.8) is 0 Å². The number of aliphatic hydroxyl groups is 1. The van der Waals surface area contributed by atoms with Crippen molar-refractivity contribution in [2.45, 2.75) is 104 Å². The smallest absolute Gasteiger partial charge is 0.272 e. The lowest BCUT2D eigenvalue weighted by atomic mass is 9.91. The summed E-state index contributed by atoms with van der Waals surface area (Å²) in [5.41, 5.74) is 2.74. The number of carbonyl (C=O) groups excluding carboxylic acids is 2. The first-order valence-corrected chi connectivity index (χ1v) is 13.5. The molecule has 0 aromatic heterocycles. The van der Waals surface area contributed by atoms with Crippen molar-refractivity contribution in [1.82, 2.24) is 5.32 Å². The number of nitrogens with one attached hydrogen (secondary N) is 1. The topological polar surface area (TPSA) is 82.0 Å². The summed E-state index contributed by atoms with van der Waals surface area (Å²) in [7, 11) is 0. The molecule has 6 heteroatoms. The average molecular weight is 470 g/mol. The first-order chi connectivity index (χ1) is 16.5. The highest BCUT2D eigenvalue weighted by Crippen LogP contribution is 2.37. The summed E-state index contributed by atoms with van der Waals surface area (Å²) < 4.78 is 0. The Morgan fingerprint density at radius 2 is 1.82 bits per heavy atom. The number of hydrogen-bond donors (Lipinski definition) is 2. The highest BCUT2D eigenvalue weighted by Gasteiger charge is 2.37. The zero-order valence-electron chi connectivity index (χ0n) is 21.3. The first kappa shape index (κ1) is 26.4. The Morgan fingerprint density at radius 3 is 2.50 bits per heavy atom. The molecule has 3 atom stereocenters. The van der Waals surface area contributed by atoms with Crippen LogP contribution in [0.15, 0.2) is 29.3 Å². The van der Waals surface area contributed by atoms with Crippen LogP contribution in [-0.4, -0.2) is 41.4 Å². The van der Waals surface area contributed by atoms with Gasteiger partial charge in [0.05, 0.1) is 17.7 Å². The number of benzodiazepines with no additional fused rings is 1. The number of para-hydroxylation sites is 1. The van der Waals surface area contributed by atoms with Gasteiger partial charge in [-0.25, -0.2) is 0 Å². The van der Waals surface area contributed by atoms with Crippen LogP contribution < -0.4 is 10.2 Å². The Kier molecular flexibility index (Phi) is 10.1. The number of aliphatic imine (C=N–C) groups is 1. The summed E-state index contributed by atoms with van der Waals surface area (Å²) in [6, 6.07) is 7.96. The molecule has 1 heterocycles. The van der Waals surface area contributed by atoms with Crippen LogP contribution in [0.2, 0.25) is 0 Å². The van der Waals surface area contributed by atoms with Gasteiger partial charge in [0.1, 0.15) is 0 Å². The molecular formula is C28H43N3O3. The molecule has 1 saturated carbocycles. The van der Waals surface area contributed by atoms with Crippen LogP contribution in [-0.2, 0) is 9.59 Å². The quantitative estimate of drug-likeness (QED) is 0.392. The number of aliphatic hydroxyl groups excluding tert-OH is 1. The van der Waals surface area contributed by atoms with Gasteiger partial charge in [-0.2, -0.15) is 0 Å². The number of nitrogens with zero attached hydrogens (tertiary/aromatic N) is 2. The van der Waals surface area contributed by atoms with Gasteiger partial charge in [-0.3, -0.25) is 14.6 Å². The Morgan fingerprint density at radius 1 is 1.12 bits per heavy atom. The van der Waals surface area contributed by atoms with Crippen LogP contribution in [0.4, 0.5) is 5.69 Å². The summed E-state index contributed by atoms with van der Waals surface area (Å²) in [4.78, 5) is 33.8. The van der Waals surface area contributed by atoms with E-state index in [-0.39, 0.29) is 11.8 Å². The molecular weight excluding hydrogens is 426 g/mol. The molecule has 1 aromatic carbocycles. The molecule has 1 aliphatic heterocycles. The van der Waals surface area contributed by atoms with E-state index < -0.39 is 18.2 Å². The third-order valence-corrected chi connectivity index (χ3v) is 7.01. The largest absolute Gasteiger partial charge is 0.392 e. The third-order valence-electron chi connectivity index (χ3n) is 7.01. The van der Waals surface area contributed by atoms with Gasteiger partial charge in [0, 0.05) is 17.8 Å². The predicted molar refractivity (Wildman–Crippen MR) is 138 cm³/mol. The Labute approximate surface area is 205 Å². The zero-order valence-corrected chi connectivity index (χ0v) is 21.3. The maximum Gasteiger partial charge on any atom is 0.272 e. The monoisotopic (exact) mass is 469 g/mol. The van der Waals surface area contributed by atoms with Crippen molar-refractivity contribution < 1.29 is 14.7 Å². The minimum absolute atomic E-state index is 0.186. The lowest BCUT2D eigenvalue weighted by Crippen LogP contribution is -2.50. The summed E-state index contributed by atoms with van der Waals surface area (Å²) in [5.74, 6) is -0.413. The molecule has 6 nitrogen and oxygen atoms in total. The second-order valence-corrected chi connectivity index (χ2v) is 9.95. The predicted octanol–water partition coefficient (Wildman–Crippen LogP) is 5.22. The Hall–Kier alpha value is -2.21. The molecule has 2 N–H and O–H groups in total. The molecule has 3 rings (SSSR count). The number of anilines is 1. The standard InChI is InChI=1S/C28H43N3O3/c1-4-7-13-23-21-12-10-11-14-24(21)31(18-9-6-3)28(34)26(29-23)30-27(33)22(19-20-16-17-20)25(32)15-8-5-2/h10-12,14,20,22,25-26,32H,4-9,13,15-19H2,1-3H3,(H,30,33)/t22-,25+,26+/m1/s1. The Balaban J connectivity index is 1.89. The number of benzene rings is 1. The molecule has 0 radical (unpaired) electrons. The first-order valence-electron chi connectivity index (χ1n) is 13.5. The minimum atomic E-state index is -0.955. The van der Waals surface area contributed by atoms with Crippen molar-refractivity contribution in [2.75, 3.05) is 11.4 Å². The van der Waals surface area contributed by atoms with Gasteiger partial charge in [-0.15, -0.1) is 0 Å². The molecule has 34 heavy (non-hydrogen) atoms. The lowest BCUT2D eigenvalue weighted by Gasteiger charge is -2.27. The normalized spacial score (nSPS) is 19.8. The van der Waals surface area contributed by atoms with Gasteiger partial charge >= 0.3 is 0 Å². The van der Waals surface area contributed by atoms with Crippen molar-refractivity contribution in [3.8, 4) is 0 Å². The summed E-state index contributed by atoms with van der Waals surface area (Å²) in [6.07, 6.45) is 8.37. The molecule has 2 aliphatic rings. The van der Waals surface area contributed by atoms with Crippen LogP contribution in [0.5, 0.6) is 0 Å². The van der Waals surface area contributed by atoms with Gasteiger partial charge in [-0.1, -0.05) is 77.5 Å². The highest BCUT2D eigenvalue weighted by molar-refractivity contribution is 6.13. The molecule has 0 spiro atoms. The van der Waals surface area contributed by atoms with Crippen LogP contribution >= 0.6 is 0 Å². The number of rotatable bonds is 14. The van der Waals surface area contributed by atoms with E-state index in [0.717, 1.165) is 74.7 Å². The fraction of sp³-hybridized carbons (Fsp3) is 0.679. The third kappa shape index (κ3) is 6.91. The Bertz CT molecular complexity index is 849. The van der Waals surface area contributed by atoms with Crippen molar-refractivity contribution in [2.24, 2.45) is 16.8 Å². The number of carbonyl (C=O) groups is 2. The van der Waals surface area contributed by atoms with Crippen molar-refractivity contribution in [1.29, 1.82) is 0 Å². The minimum Gasteiger partial charge on any atom is -0.392 e. The maximum atomic E-state index is 13.7. The molecule has 0 bridgehead atoms. The number of amides is 2. The van der Waals surface area contributed by atoms with Crippen LogP contribution in [0.1, 0.15) is 97.0 Å². The van der Waals surface area contributed by atoms with Gasteiger partial charge in [-0.05, 0) is 44.1 Å². The van der Waals surface area contributed by atoms with Gasteiger partial charge in [0.25, 0.3) is 5.91 Å². The van der Waals surface area contributed by atoms with Gasteiger partial charge in [0.2, 0.25) is 12.1 Å². The fourth-order valence-electron chi connectivity index (χ4n) is 4.69. The molecule has 2 amide bonds.